The van der Waals surface area contributed by atoms with Gasteiger partial charge in [-0.2, -0.15) is 0 Å². The van der Waals surface area contributed by atoms with E-state index in [1.165, 1.54) is 0 Å². The maximum absolute atomic E-state index is 6.00. The number of benzene rings is 1. The van der Waals surface area contributed by atoms with Crippen molar-refractivity contribution in [1.29, 1.82) is 0 Å². The second-order valence-electron chi connectivity index (χ2n) is 4.38. The van der Waals surface area contributed by atoms with Crippen LogP contribution in [0.1, 0.15) is 6.92 Å². The SMILES string of the molecule is CCN1CCOC(CSc2ccc(N)c(Cl)c2)C1. The van der Waals surface area contributed by atoms with Crippen molar-refractivity contribution in [2.24, 2.45) is 0 Å². The number of rotatable bonds is 4. The molecule has 100 valence electrons. The molecular formula is C13H19ClN2OS. The van der Waals surface area contributed by atoms with Gasteiger partial charge in [-0.25, -0.2) is 0 Å². The minimum atomic E-state index is 0.306. The lowest BCUT2D eigenvalue weighted by atomic mass is 10.3. The van der Waals surface area contributed by atoms with Crippen LogP contribution in [0, 0.1) is 0 Å². The first-order valence-corrected chi connectivity index (χ1v) is 7.57. The fraction of sp³-hybridized carbons (Fsp3) is 0.538. The Morgan fingerprint density at radius 1 is 1.56 bits per heavy atom. The third kappa shape index (κ3) is 3.79. The van der Waals surface area contributed by atoms with Gasteiger partial charge in [0.2, 0.25) is 0 Å². The average Bonchev–Trinajstić information content (AvgIpc) is 2.40. The molecule has 1 atom stereocenters. The van der Waals surface area contributed by atoms with Gasteiger partial charge in [-0.3, -0.25) is 4.90 Å². The van der Waals surface area contributed by atoms with Gasteiger partial charge in [0.25, 0.3) is 0 Å². The van der Waals surface area contributed by atoms with Crippen LogP contribution in [-0.2, 0) is 4.74 Å². The summed E-state index contributed by atoms with van der Waals surface area (Å²) in [6.45, 7) is 6.19. The maximum Gasteiger partial charge on any atom is 0.0796 e. The highest BCUT2D eigenvalue weighted by atomic mass is 35.5. The number of hydrogen-bond donors (Lipinski definition) is 1. The fourth-order valence-electron chi connectivity index (χ4n) is 1.96. The molecule has 0 amide bonds. The van der Waals surface area contributed by atoms with Gasteiger partial charge in [-0.05, 0) is 24.7 Å². The molecule has 1 aliphatic heterocycles. The van der Waals surface area contributed by atoms with Crippen LogP contribution in [0.4, 0.5) is 5.69 Å². The zero-order valence-corrected chi connectivity index (χ0v) is 12.1. The number of nitrogens with two attached hydrogens (primary N) is 1. The first-order valence-electron chi connectivity index (χ1n) is 6.21. The first-order chi connectivity index (χ1) is 8.69. The van der Waals surface area contributed by atoms with E-state index in [0.717, 1.165) is 36.9 Å². The molecule has 0 radical (unpaired) electrons. The Balaban J connectivity index is 1.85. The van der Waals surface area contributed by atoms with Gasteiger partial charge in [-0.15, -0.1) is 11.8 Å². The van der Waals surface area contributed by atoms with E-state index < -0.39 is 0 Å². The monoisotopic (exact) mass is 286 g/mol. The van der Waals surface area contributed by atoms with Gasteiger partial charge in [0.05, 0.1) is 23.4 Å². The van der Waals surface area contributed by atoms with Crippen LogP contribution >= 0.6 is 23.4 Å². The lowest BCUT2D eigenvalue weighted by Crippen LogP contribution is -2.43. The van der Waals surface area contributed by atoms with Crippen molar-refractivity contribution in [3.05, 3.63) is 23.2 Å². The molecule has 0 aromatic heterocycles. The lowest BCUT2D eigenvalue weighted by Gasteiger charge is -2.31. The average molecular weight is 287 g/mol. The van der Waals surface area contributed by atoms with Crippen molar-refractivity contribution in [3.8, 4) is 0 Å². The standard InChI is InChI=1S/C13H19ClN2OS/c1-2-16-5-6-17-10(8-16)9-18-11-3-4-13(15)12(14)7-11/h3-4,7,10H,2,5-6,8-9,15H2,1H3. The molecule has 0 spiro atoms. The molecular weight excluding hydrogens is 268 g/mol. The molecule has 2 rings (SSSR count). The zero-order chi connectivity index (χ0) is 13.0. The van der Waals surface area contributed by atoms with Crippen molar-refractivity contribution in [1.82, 2.24) is 4.90 Å². The van der Waals surface area contributed by atoms with Gasteiger partial charge in [-0.1, -0.05) is 18.5 Å². The Hall–Kier alpha value is -0.420. The molecule has 2 N–H and O–H groups in total. The Morgan fingerprint density at radius 3 is 3.11 bits per heavy atom. The molecule has 0 aliphatic carbocycles. The van der Waals surface area contributed by atoms with E-state index in [1.54, 1.807) is 11.8 Å². The zero-order valence-electron chi connectivity index (χ0n) is 10.6. The molecule has 1 fully saturated rings. The van der Waals surface area contributed by atoms with E-state index in [0.29, 0.717) is 16.8 Å². The van der Waals surface area contributed by atoms with Crippen LogP contribution in [-0.4, -0.2) is 43.0 Å². The Bertz CT molecular complexity index is 403. The third-order valence-electron chi connectivity index (χ3n) is 3.08. The van der Waals surface area contributed by atoms with E-state index in [4.69, 9.17) is 22.1 Å². The van der Waals surface area contributed by atoms with Gasteiger partial charge >= 0.3 is 0 Å². The van der Waals surface area contributed by atoms with Gasteiger partial charge in [0.15, 0.2) is 0 Å². The van der Waals surface area contributed by atoms with E-state index in [1.807, 2.05) is 18.2 Å². The van der Waals surface area contributed by atoms with Gasteiger partial charge in [0, 0.05) is 23.7 Å². The number of nitrogen functional groups attached to an aromatic ring is 1. The predicted octanol–water partition coefficient (Wildman–Crippen LogP) is 2.74. The second kappa shape index (κ2) is 6.66. The molecule has 18 heavy (non-hydrogen) atoms. The number of nitrogens with zero attached hydrogens (tertiary/aromatic N) is 1. The first kappa shape index (κ1) is 14.0. The maximum atomic E-state index is 6.00. The molecule has 1 unspecified atom stereocenters. The summed E-state index contributed by atoms with van der Waals surface area (Å²) in [7, 11) is 0. The van der Waals surface area contributed by atoms with E-state index in [-0.39, 0.29) is 0 Å². The Labute approximate surface area is 118 Å². The molecule has 1 aliphatic rings. The normalized spacial score (nSPS) is 21.1. The van der Waals surface area contributed by atoms with Crippen LogP contribution < -0.4 is 5.73 Å². The molecule has 1 aromatic rings. The predicted molar refractivity (Wildman–Crippen MR) is 78.4 cm³/mol. The van der Waals surface area contributed by atoms with Crippen LogP contribution in [0.25, 0.3) is 0 Å². The quantitative estimate of drug-likeness (QED) is 0.682. The summed E-state index contributed by atoms with van der Waals surface area (Å²) in [4.78, 5) is 3.57. The number of anilines is 1. The topological polar surface area (TPSA) is 38.5 Å². The number of ether oxygens (including phenoxy) is 1. The molecule has 0 saturated carbocycles. The van der Waals surface area contributed by atoms with E-state index in [2.05, 4.69) is 11.8 Å². The summed E-state index contributed by atoms with van der Waals surface area (Å²) in [5.74, 6) is 0.955. The molecule has 3 nitrogen and oxygen atoms in total. The summed E-state index contributed by atoms with van der Waals surface area (Å²) < 4.78 is 5.77. The summed E-state index contributed by atoms with van der Waals surface area (Å²) in [6.07, 6.45) is 0.306. The van der Waals surface area contributed by atoms with Crippen molar-refractivity contribution < 1.29 is 4.74 Å². The summed E-state index contributed by atoms with van der Waals surface area (Å²) in [5, 5.41) is 0.625. The van der Waals surface area contributed by atoms with Crippen LogP contribution in [0.5, 0.6) is 0 Å². The highest BCUT2D eigenvalue weighted by molar-refractivity contribution is 7.99. The van der Waals surface area contributed by atoms with Crippen molar-refractivity contribution in [2.75, 3.05) is 37.7 Å². The number of hydrogen-bond acceptors (Lipinski definition) is 4. The van der Waals surface area contributed by atoms with Crippen LogP contribution in [0.3, 0.4) is 0 Å². The highest BCUT2D eigenvalue weighted by Gasteiger charge is 2.19. The van der Waals surface area contributed by atoms with Gasteiger partial charge in [0.1, 0.15) is 0 Å². The minimum Gasteiger partial charge on any atom is -0.398 e. The number of halogens is 1. The number of likely N-dealkylation sites (N-methyl/N-ethyl adjacent to an activating group) is 1. The molecule has 1 saturated heterocycles. The van der Waals surface area contributed by atoms with Crippen molar-refractivity contribution in [2.45, 2.75) is 17.9 Å². The minimum absolute atomic E-state index is 0.306. The fourth-order valence-corrected chi connectivity index (χ4v) is 3.15. The van der Waals surface area contributed by atoms with Gasteiger partial charge < -0.3 is 10.5 Å². The molecule has 1 heterocycles. The molecule has 0 bridgehead atoms. The summed E-state index contributed by atoms with van der Waals surface area (Å²) >= 11 is 7.77. The smallest absolute Gasteiger partial charge is 0.0796 e. The summed E-state index contributed by atoms with van der Waals surface area (Å²) in [6, 6.07) is 5.78. The van der Waals surface area contributed by atoms with E-state index in [9.17, 15) is 0 Å². The van der Waals surface area contributed by atoms with Crippen molar-refractivity contribution in [3.63, 3.8) is 0 Å². The number of thioether (sulfide) groups is 1. The highest BCUT2D eigenvalue weighted by Crippen LogP contribution is 2.27. The van der Waals surface area contributed by atoms with Crippen LogP contribution in [0.15, 0.2) is 23.1 Å². The Morgan fingerprint density at radius 2 is 2.39 bits per heavy atom. The number of morpholine rings is 1. The molecule has 1 aromatic carbocycles. The van der Waals surface area contributed by atoms with Crippen LogP contribution in [0.2, 0.25) is 5.02 Å². The Kier molecular flexibility index (Phi) is 5.18. The largest absolute Gasteiger partial charge is 0.398 e. The third-order valence-corrected chi connectivity index (χ3v) is 4.53. The second-order valence-corrected chi connectivity index (χ2v) is 5.88. The van der Waals surface area contributed by atoms with Crippen molar-refractivity contribution >= 4 is 29.1 Å². The lowest BCUT2D eigenvalue weighted by molar-refractivity contribution is -0.0137. The van der Waals surface area contributed by atoms with E-state index >= 15 is 0 Å². The molecule has 5 heteroatoms. The summed E-state index contributed by atoms with van der Waals surface area (Å²) in [5.41, 5.74) is 6.32.